The van der Waals surface area contributed by atoms with E-state index in [1.54, 1.807) is 0 Å². The van der Waals surface area contributed by atoms with Gasteiger partial charge in [-0.15, -0.1) is 0 Å². The van der Waals surface area contributed by atoms with Crippen molar-refractivity contribution in [2.45, 2.75) is 0 Å². The van der Waals surface area contributed by atoms with Crippen LogP contribution < -0.4 is 4.35 Å². The van der Waals surface area contributed by atoms with Crippen LogP contribution in [0.25, 0.3) is 0 Å². The molecule has 0 saturated carbocycles. The molecule has 0 N–H and O–H groups in total. The molecule has 1 aromatic rings. The maximum absolute atomic E-state index is 12.6. The van der Waals surface area contributed by atoms with Gasteiger partial charge in [0.15, 0.2) is 0 Å². The minimum atomic E-state index is -0.523. The van der Waals surface area contributed by atoms with E-state index in [2.05, 4.69) is 21.6 Å². The van der Waals surface area contributed by atoms with E-state index in [4.69, 9.17) is 0 Å². The zero-order valence-electron chi connectivity index (χ0n) is 6.37. The van der Waals surface area contributed by atoms with Crippen molar-refractivity contribution < 1.29 is 13.9 Å². The van der Waals surface area contributed by atoms with Crippen LogP contribution in [0, 0.1) is 5.82 Å². The molecule has 2 nitrogen and oxygen atoms in total. The third-order valence-electron chi connectivity index (χ3n) is 1.36. The Morgan fingerprint density at radius 3 is 2.83 bits per heavy atom. The van der Waals surface area contributed by atoms with Crippen LogP contribution in [-0.4, -0.2) is 29.9 Å². The summed E-state index contributed by atoms with van der Waals surface area (Å²) in [6, 6.07) is 3.96. The molecule has 0 aliphatic rings. The molecular weight excluding hydrogens is 222 g/mol. The van der Waals surface area contributed by atoms with Crippen molar-refractivity contribution in [2.24, 2.45) is 0 Å². The number of hydrogen-bond donors (Lipinski definition) is 0. The van der Waals surface area contributed by atoms with Gasteiger partial charge in [-0.2, -0.15) is 0 Å². The maximum atomic E-state index is 12.6. The molecule has 1 rings (SSSR count). The second-order valence-electron chi connectivity index (χ2n) is 2.15. The van der Waals surface area contributed by atoms with E-state index in [0.29, 0.717) is 4.35 Å². The normalized spacial score (nSPS) is 9.58. The number of hydrogen-bond acceptors (Lipinski definition) is 2. The first-order chi connectivity index (χ1) is 5.65. The van der Waals surface area contributed by atoms with Crippen molar-refractivity contribution in [1.29, 1.82) is 0 Å². The van der Waals surface area contributed by atoms with Gasteiger partial charge in [0.2, 0.25) is 0 Å². The molecule has 0 aromatic heterocycles. The van der Waals surface area contributed by atoms with Crippen LogP contribution in [0.2, 0.25) is 0 Å². The van der Waals surface area contributed by atoms with Crippen LogP contribution in [0.15, 0.2) is 18.2 Å². The van der Waals surface area contributed by atoms with Crippen molar-refractivity contribution in [2.75, 3.05) is 7.11 Å². The van der Waals surface area contributed by atoms with E-state index in [0.717, 1.165) is 6.07 Å². The molecular formula is C8H6AsFO2. The van der Waals surface area contributed by atoms with Gasteiger partial charge in [0.05, 0.1) is 0 Å². The van der Waals surface area contributed by atoms with Crippen LogP contribution in [0.3, 0.4) is 0 Å². The molecule has 12 heavy (non-hydrogen) atoms. The van der Waals surface area contributed by atoms with E-state index in [-0.39, 0.29) is 5.56 Å². The Morgan fingerprint density at radius 2 is 2.25 bits per heavy atom. The fourth-order valence-electron chi connectivity index (χ4n) is 0.782. The number of benzene rings is 1. The summed E-state index contributed by atoms with van der Waals surface area (Å²) in [5.74, 6) is -0.963. The van der Waals surface area contributed by atoms with E-state index in [1.807, 2.05) is 0 Å². The second kappa shape index (κ2) is 3.72. The molecule has 0 saturated heterocycles. The predicted molar refractivity (Wildman–Crippen MR) is 43.1 cm³/mol. The van der Waals surface area contributed by atoms with Crippen molar-refractivity contribution in [3.8, 4) is 0 Å². The number of halogens is 1. The average molecular weight is 228 g/mol. The quantitative estimate of drug-likeness (QED) is 0.514. The summed E-state index contributed by atoms with van der Waals surface area (Å²) in [6.45, 7) is 0. The Labute approximate surface area is 78.2 Å². The van der Waals surface area contributed by atoms with Crippen LogP contribution in [0.5, 0.6) is 0 Å². The van der Waals surface area contributed by atoms with E-state index < -0.39 is 11.8 Å². The molecule has 0 aliphatic carbocycles. The topological polar surface area (TPSA) is 26.3 Å². The van der Waals surface area contributed by atoms with Crippen LogP contribution in [-0.2, 0) is 4.74 Å². The Morgan fingerprint density at radius 1 is 1.58 bits per heavy atom. The van der Waals surface area contributed by atoms with E-state index in [9.17, 15) is 9.18 Å². The van der Waals surface area contributed by atoms with E-state index >= 15 is 0 Å². The Bertz CT molecular complexity index is 312. The average Bonchev–Trinajstić information content (AvgIpc) is 2.08. The molecule has 0 heterocycles. The van der Waals surface area contributed by atoms with Crippen molar-refractivity contribution in [3.63, 3.8) is 0 Å². The predicted octanol–water partition coefficient (Wildman–Crippen LogP) is 0.406. The molecule has 4 heteroatoms. The summed E-state index contributed by atoms with van der Waals surface area (Å²) < 4.78 is 17.7. The molecule has 1 aromatic carbocycles. The first-order valence-electron chi connectivity index (χ1n) is 3.22. The van der Waals surface area contributed by atoms with Gasteiger partial charge in [-0.3, -0.25) is 0 Å². The molecule has 2 radical (unpaired) electrons. The van der Waals surface area contributed by atoms with Gasteiger partial charge in [-0.1, -0.05) is 0 Å². The summed E-state index contributed by atoms with van der Waals surface area (Å²) in [6.07, 6.45) is 0. The first-order valence-corrected chi connectivity index (χ1v) is 4.16. The SMILES string of the molecule is COC(=O)c1cc(F)ccc1[As]. The molecule has 0 fully saturated rings. The number of methoxy groups -OCH3 is 1. The molecule has 0 bridgehead atoms. The van der Waals surface area contributed by atoms with E-state index in [1.165, 1.54) is 19.2 Å². The Balaban J connectivity index is 3.13. The fraction of sp³-hybridized carbons (Fsp3) is 0.125. The van der Waals surface area contributed by atoms with Gasteiger partial charge in [0.25, 0.3) is 0 Å². The number of carbonyl (C=O) groups excluding carboxylic acids is 1. The third-order valence-corrected chi connectivity index (χ3v) is 2.18. The van der Waals surface area contributed by atoms with Gasteiger partial charge in [0.1, 0.15) is 0 Å². The van der Waals surface area contributed by atoms with Gasteiger partial charge in [-0.05, 0) is 0 Å². The summed E-state index contributed by atoms with van der Waals surface area (Å²) in [5, 5.41) is 0. The van der Waals surface area contributed by atoms with Gasteiger partial charge in [-0.25, -0.2) is 0 Å². The molecule has 0 amide bonds. The molecule has 0 spiro atoms. The summed E-state index contributed by atoms with van der Waals surface area (Å²) in [7, 11) is 1.26. The molecule has 62 valence electrons. The second-order valence-corrected chi connectivity index (χ2v) is 3.16. The summed E-state index contributed by atoms with van der Waals surface area (Å²) >= 11 is 2.19. The van der Waals surface area contributed by atoms with Crippen LogP contribution in [0.1, 0.15) is 10.4 Å². The Kier molecular flexibility index (Phi) is 2.87. The molecule has 0 aliphatic heterocycles. The summed E-state index contributed by atoms with van der Waals surface area (Å²) in [4.78, 5) is 11.0. The number of ether oxygens (including phenoxy) is 1. The third kappa shape index (κ3) is 1.86. The van der Waals surface area contributed by atoms with Crippen molar-refractivity contribution in [1.82, 2.24) is 0 Å². The standard InChI is InChI=1S/C8H6AsFO2/c1-12-8(11)6-4-5(10)2-3-7(6)9/h2-4H,1H3. The van der Waals surface area contributed by atoms with Crippen molar-refractivity contribution >= 4 is 27.2 Å². The van der Waals surface area contributed by atoms with Gasteiger partial charge in [0, 0.05) is 0 Å². The van der Waals surface area contributed by atoms with Crippen LogP contribution >= 0.6 is 0 Å². The Hall–Kier alpha value is -0.822. The van der Waals surface area contributed by atoms with Gasteiger partial charge < -0.3 is 0 Å². The van der Waals surface area contributed by atoms with Crippen LogP contribution in [0.4, 0.5) is 4.39 Å². The zero-order valence-corrected chi connectivity index (χ0v) is 8.25. The van der Waals surface area contributed by atoms with Crippen molar-refractivity contribution in [3.05, 3.63) is 29.6 Å². The zero-order chi connectivity index (χ0) is 9.14. The fourth-order valence-corrected chi connectivity index (χ4v) is 1.27. The van der Waals surface area contributed by atoms with Gasteiger partial charge >= 0.3 is 77.8 Å². The monoisotopic (exact) mass is 228 g/mol. The molecule has 0 unspecified atom stereocenters. The minimum absolute atomic E-state index is 0.248. The molecule has 0 atom stereocenters. The number of rotatable bonds is 1. The first kappa shape index (κ1) is 9.27. The number of carbonyl (C=O) groups is 1. The summed E-state index contributed by atoms with van der Waals surface area (Å²) in [5.41, 5.74) is 0.248. The number of esters is 1.